The van der Waals surface area contributed by atoms with Crippen LogP contribution in [-0.4, -0.2) is 77.6 Å². The van der Waals surface area contributed by atoms with Gasteiger partial charge in [-0.15, -0.1) is 0 Å². The Morgan fingerprint density at radius 1 is 1.18 bits per heavy atom. The Morgan fingerprint density at radius 2 is 1.90 bits per heavy atom. The van der Waals surface area contributed by atoms with Gasteiger partial charge in [0.05, 0.1) is 18.6 Å². The van der Waals surface area contributed by atoms with Crippen molar-refractivity contribution in [1.82, 2.24) is 19.8 Å². The summed E-state index contributed by atoms with van der Waals surface area (Å²) in [7, 11) is 0. The van der Waals surface area contributed by atoms with E-state index in [-0.39, 0.29) is 30.0 Å². The predicted molar refractivity (Wildman–Crippen MR) is 145 cm³/mol. The second kappa shape index (κ2) is 11.4. The largest absolute Gasteiger partial charge is 0.506 e. The Kier molecular flexibility index (Phi) is 7.97. The van der Waals surface area contributed by atoms with Crippen molar-refractivity contribution in [2.45, 2.75) is 39.3 Å². The van der Waals surface area contributed by atoms with Gasteiger partial charge < -0.3 is 19.9 Å². The summed E-state index contributed by atoms with van der Waals surface area (Å²) >= 11 is 0. The van der Waals surface area contributed by atoms with Crippen LogP contribution in [-0.2, 0) is 16.0 Å². The van der Waals surface area contributed by atoms with Crippen molar-refractivity contribution in [3.63, 3.8) is 0 Å². The van der Waals surface area contributed by atoms with Gasteiger partial charge in [-0.05, 0) is 42.0 Å². The third-order valence-corrected chi connectivity index (χ3v) is 7.56. The molecule has 3 heterocycles. The molecule has 0 amide bonds. The number of carbonyl (C=O) groups excluding carboxylic acids is 1. The summed E-state index contributed by atoms with van der Waals surface area (Å²) in [6.45, 7) is 8.53. The summed E-state index contributed by atoms with van der Waals surface area (Å²) in [5.74, 6) is -1.71. The van der Waals surface area contributed by atoms with Crippen LogP contribution in [0.2, 0.25) is 0 Å². The zero-order valence-electron chi connectivity index (χ0n) is 22.4. The maximum absolute atomic E-state index is 13.5. The quantitative estimate of drug-likeness (QED) is 0.316. The molecule has 1 aromatic carbocycles. The van der Waals surface area contributed by atoms with Crippen LogP contribution in [0.1, 0.15) is 37.0 Å². The lowest BCUT2D eigenvalue weighted by Gasteiger charge is -2.43. The predicted octanol–water partition coefficient (Wildman–Crippen LogP) is 3.18. The maximum Gasteiger partial charge on any atom is 0.347 e. The number of benzene rings is 1. The van der Waals surface area contributed by atoms with Crippen molar-refractivity contribution >= 4 is 17.0 Å². The van der Waals surface area contributed by atoms with Gasteiger partial charge in [0.1, 0.15) is 23.8 Å². The minimum Gasteiger partial charge on any atom is -0.506 e. The molecule has 1 aliphatic heterocycles. The number of aromatic nitrogens is 2. The number of morpholine rings is 1. The lowest BCUT2D eigenvalue weighted by Crippen LogP contribution is -2.46. The van der Waals surface area contributed by atoms with Crippen LogP contribution in [0.3, 0.4) is 0 Å². The number of esters is 1. The maximum atomic E-state index is 13.5. The van der Waals surface area contributed by atoms with Gasteiger partial charge in [-0.2, -0.15) is 0 Å². The van der Waals surface area contributed by atoms with Crippen molar-refractivity contribution in [2.24, 2.45) is 5.41 Å². The van der Waals surface area contributed by atoms with E-state index in [2.05, 4.69) is 29.0 Å². The highest BCUT2D eigenvalue weighted by molar-refractivity contribution is 5.99. The first-order valence-corrected chi connectivity index (χ1v) is 13.4. The fourth-order valence-corrected chi connectivity index (χ4v) is 5.47. The number of pyridine rings is 2. The number of hydrogen-bond acceptors (Lipinski definition) is 8. The van der Waals surface area contributed by atoms with Gasteiger partial charge in [0.15, 0.2) is 5.56 Å². The smallest absolute Gasteiger partial charge is 0.347 e. The minimum absolute atomic E-state index is 0.0777. The standard InChI is InChI=1S/C29H35FN4O5/c1-29(2)16-22(17-29)31-7-12-39-28(37)24-25(35)23-15-20(19-3-5-21(30)6-4-19)18-32-26(23)34(27(24)36)9-8-33-10-13-38-14-11-33/h3-6,15,18,22,31,35H,7-14,16-17H2,1-2H3. The Balaban J connectivity index is 1.42. The average molecular weight is 539 g/mol. The number of hydrogen-bond donors (Lipinski definition) is 2. The fourth-order valence-electron chi connectivity index (χ4n) is 5.47. The van der Waals surface area contributed by atoms with Crippen molar-refractivity contribution in [1.29, 1.82) is 0 Å². The second-order valence-electron chi connectivity index (χ2n) is 11.1. The van der Waals surface area contributed by atoms with Crippen molar-refractivity contribution in [2.75, 3.05) is 46.0 Å². The van der Waals surface area contributed by atoms with E-state index in [1.165, 1.54) is 16.7 Å². The Morgan fingerprint density at radius 3 is 2.59 bits per heavy atom. The molecule has 39 heavy (non-hydrogen) atoms. The molecule has 0 unspecified atom stereocenters. The topological polar surface area (TPSA) is 106 Å². The zero-order valence-corrected chi connectivity index (χ0v) is 22.4. The summed E-state index contributed by atoms with van der Waals surface area (Å²) < 4.78 is 25.7. The van der Waals surface area contributed by atoms with Gasteiger partial charge in [0.25, 0.3) is 5.56 Å². The third kappa shape index (κ3) is 6.13. The minimum atomic E-state index is -0.873. The highest BCUT2D eigenvalue weighted by Gasteiger charge is 2.35. The molecule has 2 aromatic heterocycles. The summed E-state index contributed by atoms with van der Waals surface area (Å²) in [6.07, 6.45) is 3.69. The molecule has 2 aliphatic rings. The fraction of sp³-hybridized carbons (Fsp3) is 0.483. The monoisotopic (exact) mass is 538 g/mol. The van der Waals surface area contributed by atoms with Crippen molar-refractivity contribution < 1.29 is 23.8 Å². The van der Waals surface area contributed by atoms with Crippen LogP contribution in [0.25, 0.3) is 22.2 Å². The molecule has 10 heteroatoms. The van der Waals surface area contributed by atoms with Gasteiger partial charge in [-0.3, -0.25) is 14.3 Å². The van der Waals surface area contributed by atoms with Crippen molar-refractivity contribution in [3.05, 3.63) is 58.3 Å². The van der Waals surface area contributed by atoms with Gasteiger partial charge in [-0.25, -0.2) is 14.2 Å². The summed E-state index contributed by atoms with van der Waals surface area (Å²) in [4.78, 5) is 33.3. The molecule has 0 radical (unpaired) electrons. The molecule has 2 fully saturated rings. The lowest BCUT2D eigenvalue weighted by atomic mass is 9.68. The van der Waals surface area contributed by atoms with Crippen LogP contribution in [0.4, 0.5) is 4.39 Å². The molecular formula is C29H35FN4O5. The summed E-state index contributed by atoms with van der Waals surface area (Å²) in [6, 6.07) is 7.94. The van der Waals surface area contributed by atoms with Crippen LogP contribution in [0.5, 0.6) is 5.75 Å². The number of rotatable bonds is 9. The molecule has 0 atom stereocenters. The lowest BCUT2D eigenvalue weighted by molar-refractivity contribution is 0.0363. The molecular weight excluding hydrogens is 503 g/mol. The Labute approximate surface area is 226 Å². The van der Waals surface area contributed by atoms with Crippen LogP contribution in [0.15, 0.2) is 41.3 Å². The van der Waals surface area contributed by atoms with E-state index in [1.807, 2.05) is 0 Å². The van der Waals surface area contributed by atoms with E-state index in [9.17, 15) is 19.1 Å². The van der Waals surface area contributed by atoms with E-state index in [0.717, 1.165) is 25.9 Å². The molecule has 0 spiro atoms. The highest BCUT2D eigenvalue weighted by atomic mass is 19.1. The first-order valence-electron chi connectivity index (χ1n) is 13.4. The van der Waals surface area contributed by atoms with E-state index in [0.29, 0.717) is 48.9 Å². The number of halogens is 1. The van der Waals surface area contributed by atoms with Gasteiger partial charge in [0, 0.05) is 50.5 Å². The molecule has 9 nitrogen and oxygen atoms in total. The first kappa shape index (κ1) is 27.2. The van der Waals surface area contributed by atoms with E-state index in [1.54, 1.807) is 24.4 Å². The van der Waals surface area contributed by atoms with Gasteiger partial charge in [0.2, 0.25) is 0 Å². The van der Waals surface area contributed by atoms with Crippen LogP contribution < -0.4 is 10.9 Å². The Hall–Kier alpha value is -3.34. The molecule has 1 saturated carbocycles. The number of nitrogens with one attached hydrogen (secondary N) is 1. The zero-order chi connectivity index (χ0) is 27.6. The molecule has 2 N–H and O–H groups in total. The highest BCUT2D eigenvalue weighted by Crippen LogP contribution is 2.39. The van der Waals surface area contributed by atoms with Gasteiger partial charge >= 0.3 is 5.97 Å². The third-order valence-electron chi connectivity index (χ3n) is 7.56. The number of aromatic hydroxyl groups is 1. The molecule has 208 valence electrons. The van der Waals surface area contributed by atoms with E-state index >= 15 is 0 Å². The Bertz CT molecular complexity index is 1390. The molecule has 3 aromatic rings. The second-order valence-corrected chi connectivity index (χ2v) is 11.1. The average Bonchev–Trinajstić information content (AvgIpc) is 2.91. The number of carbonyl (C=O) groups is 1. The number of fused-ring (bicyclic) bond motifs is 1. The molecule has 1 saturated heterocycles. The summed E-state index contributed by atoms with van der Waals surface area (Å²) in [5, 5.41) is 14.8. The first-order chi connectivity index (χ1) is 18.7. The van der Waals surface area contributed by atoms with E-state index < -0.39 is 22.8 Å². The van der Waals surface area contributed by atoms with E-state index in [4.69, 9.17) is 9.47 Å². The molecule has 5 rings (SSSR count). The number of ether oxygens (including phenoxy) is 2. The van der Waals surface area contributed by atoms with Crippen LogP contribution in [0, 0.1) is 11.2 Å². The van der Waals surface area contributed by atoms with Crippen LogP contribution >= 0.6 is 0 Å². The molecule has 1 aliphatic carbocycles. The SMILES string of the molecule is CC1(C)CC(NCCOC(=O)c2c(O)c3cc(-c4ccc(F)cc4)cnc3n(CCN3CCOCC3)c2=O)C1. The van der Waals surface area contributed by atoms with Gasteiger partial charge in [-0.1, -0.05) is 26.0 Å². The van der Waals surface area contributed by atoms with Crippen molar-refractivity contribution in [3.8, 4) is 16.9 Å². The summed E-state index contributed by atoms with van der Waals surface area (Å²) in [5.41, 5.74) is 0.843. The number of nitrogens with zero attached hydrogens (tertiary/aromatic N) is 3. The molecule has 0 bridgehead atoms. The normalized spacial score (nSPS) is 17.7.